The lowest BCUT2D eigenvalue weighted by Crippen LogP contribution is -2.33. The number of rotatable bonds is 7. The van der Waals surface area contributed by atoms with E-state index in [-0.39, 0.29) is 18.6 Å². The Kier molecular flexibility index (Phi) is 5.58. The van der Waals surface area contributed by atoms with Crippen LogP contribution in [-0.2, 0) is 9.53 Å². The van der Waals surface area contributed by atoms with E-state index in [0.717, 1.165) is 39.5 Å². The summed E-state index contributed by atoms with van der Waals surface area (Å²) in [6, 6.07) is 13.2. The highest BCUT2D eigenvalue weighted by Crippen LogP contribution is 2.41. The largest absolute Gasteiger partial charge is 0.497 e. The predicted molar refractivity (Wildman–Crippen MR) is 113 cm³/mol. The van der Waals surface area contributed by atoms with Crippen molar-refractivity contribution in [3.8, 4) is 5.75 Å². The van der Waals surface area contributed by atoms with Crippen molar-refractivity contribution in [3.05, 3.63) is 64.3 Å². The number of fused-ring (bicyclic) bond motifs is 1. The molecule has 1 atom stereocenters. The van der Waals surface area contributed by atoms with Gasteiger partial charge < -0.3 is 19.8 Å². The minimum atomic E-state index is -0.531. The summed E-state index contributed by atoms with van der Waals surface area (Å²) in [6.07, 6.45) is 3.74. The van der Waals surface area contributed by atoms with Crippen LogP contribution in [0.25, 0.3) is 10.9 Å². The molecule has 0 aliphatic heterocycles. The molecule has 1 unspecified atom stereocenters. The van der Waals surface area contributed by atoms with Gasteiger partial charge in [0.2, 0.25) is 0 Å². The van der Waals surface area contributed by atoms with Gasteiger partial charge in [0.15, 0.2) is 6.61 Å². The average Bonchev–Trinajstić information content (AvgIpc) is 3.49. The lowest BCUT2D eigenvalue weighted by Gasteiger charge is -2.19. The summed E-state index contributed by atoms with van der Waals surface area (Å²) in [6.45, 7) is -0.321. The van der Waals surface area contributed by atoms with Crippen LogP contribution in [0.15, 0.2) is 53.1 Å². The Bertz CT molecular complexity index is 1040. The molecule has 6 nitrogen and oxygen atoms in total. The smallest absolute Gasteiger partial charge is 0.340 e. The predicted octanol–water partition coefficient (Wildman–Crippen LogP) is 4.36. The van der Waals surface area contributed by atoms with Crippen molar-refractivity contribution >= 4 is 38.7 Å². The van der Waals surface area contributed by atoms with Gasteiger partial charge in [-0.1, -0.05) is 28.1 Å². The second kappa shape index (κ2) is 8.29. The van der Waals surface area contributed by atoms with Gasteiger partial charge in [-0.2, -0.15) is 0 Å². The molecule has 4 rings (SSSR count). The van der Waals surface area contributed by atoms with Crippen LogP contribution in [0.2, 0.25) is 0 Å². The molecule has 3 aromatic rings. The SMILES string of the molecule is COc1ccc(C(NC(=O)COC(=O)c2c[nH]c3ccc(Br)cc23)C2CC2)cc1. The molecule has 29 heavy (non-hydrogen) atoms. The van der Waals surface area contributed by atoms with Gasteiger partial charge >= 0.3 is 5.97 Å². The lowest BCUT2D eigenvalue weighted by molar-refractivity contribution is -0.125. The van der Waals surface area contributed by atoms with Gasteiger partial charge in [0.25, 0.3) is 5.91 Å². The molecule has 150 valence electrons. The zero-order valence-corrected chi connectivity index (χ0v) is 17.5. The Morgan fingerprint density at radius 1 is 1.21 bits per heavy atom. The number of benzene rings is 2. The Hall–Kier alpha value is -2.80. The van der Waals surface area contributed by atoms with Crippen LogP contribution in [0.1, 0.15) is 34.8 Å². The second-order valence-corrected chi connectivity index (χ2v) is 8.04. The maximum Gasteiger partial charge on any atom is 0.340 e. The summed E-state index contributed by atoms with van der Waals surface area (Å²) in [5.41, 5.74) is 2.26. The molecular weight excluding hydrogens is 436 g/mol. The quantitative estimate of drug-likeness (QED) is 0.517. The number of hydrogen-bond acceptors (Lipinski definition) is 4. The van der Waals surface area contributed by atoms with E-state index in [0.29, 0.717) is 11.5 Å². The van der Waals surface area contributed by atoms with Crippen LogP contribution < -0.4 is 10.1 Å². The molecule has 0 bridgehead atoms. The van der Waals surface area contributed by atoms with Crippen molar-refractivity contribution in [2.75, 3.05) is 13.7 Å². The highest BCUT2D eigenvalue weighted by atomic mass is 79.9. The summed E-state index contributed by atoms with van der Waals surface area (Å²) < 4.78 is 11.3. The van der Waals surface area contributed by atoms with E-state index in [1.165, 1.54) is 0 Å². The summed E-state index contributed by atoms with van der Waals surface area (Å²) in [4.78, 5) is 27.9. The first kappa shape index (κ1) is 19.5. The van der Waals surface area contributed by atoms with Gasteiger partial charge in [0.05, 0.1) is 18.7 Å². The molecule has 1 fully saturated rings. The zero-order valence-electron chi connectivity index (χ0n) is 15.9. The number of methoxy groups -OCH3 is 1. The fourth-order valence-corrected chi connectivity index (χ4v) is 3.76. The van der Waals surface area contributed by atoms with E-state index in [2.05, 4.69) is 26.2 Å². The fourth-order valence-electron chi connectivity index (χ4n) is 3.40. The van der Waals surface area contributed by atoms with E-state index in [1.54, 1.807) is 13.3 Å². The number of esters is 1. The van der Waals surface area contributed by atoms with Crippen LogP contribution in [-0.4, -0.2) is 30.6 Å². The number of aromatic nitrogens is 1. The van der Waals surface area contributed by atoms with Gasteiger partial charge in [-0.05, 0) is 54.7 Å². The summed E-state index contributed by atoms with van der Waals surface area (Å²) in [7, 11) is 1.62. The fraction of sp³-hybridized carbons (Fsp3) is 0.273. The van der Waals surface area contributed by atoms with E-state index in [4.69, 9.17) is 9.47 Å². The molecule has 0 saturated heterocycles. The number of nitrogens with one attached hydrogen (secondary N) is 2. The zero-order chi connectivity index (χ0) is 20.4. The van der Waals surface area contributed by atoms with Crippen molar-refractivity contribution in [3.63, 3.8) is 0 Å². The first-order chi connectivity index (χ1) is 14.0. The molecular formula is C22H21BrN2O4. The molecule has 1 saturated carbocycles. The molecule has 2 N–H and O–H groups in total. The molecule has 0 radical (unpaired) electrons. The molecule has 1 aromatic heterocycles. The van der Waals surface area contributed by atoms with E-state index < -0.39 is 5.97 Å². The standard InChI is InChI=1S/C22H21BrN2O4/c1-28-16-7-4-14(5-8-16)21(13-2-3-13)25-20(26)12-29-22(27)18-11-24-19-9-6-15(23)10-17(18)19/h4-11,13,21,24H,2-3,12H2,1H3,(H,25,26). The number of aromatic amines is 1. The van der Waals surface area contributed by atoms with Gasteiger partial charge in [-0.15, -0.1) is 0 Å². The molecule has 1 aliphatic rings. The van der Waals surface area contributed by atoms with E-state index >= 15 is 0 Å². The minimum absolute atomic E-state index is 0.0869. The topological polar surface area (TPSA) is 80.4 Å². The molecule has 2 aromatic carbocycles. The third kappa shape index (κ3) is 4.45. The molecule has 1 heterocycles. The van der Waals surface area contributed by atoms with E-state index in [9.17, 15) is 9.59 Å². The second-order valence-electron chi connectivity index (χ2n) is 7.12. The summed E-state index contributed by atoms with van der Waals surface area (Å²) in [5, 5.41) is 3.76. The number of carbonyl (C=O) groups is 2. The van der Waals surface area contributed by atoms with Crippen molar-refractivity contribution in [2.45, 2.75) is 18.9 Å². The number of H-pyrrole nitrogens is 1. The number of hydrogen-bond donors (Lipinski definition) is 2. The monoisotopic (exact) mass is 456 g/mol. The van der Waals surface area contributed by atoms with E-state index in [1.807, 2.05) is 42.5 Å². The number of ether oxygens (including phenoxy) is 2. The van der Waals surface area contributed by atoms with Crippen LogP contribution in [0.3, 0.4) is 0 Å². The molecule has 1 aliphatic carbocycles. The van der Waals surface area contributed by atoms with Crippen molar-refractivity contribution in [1.82, 2.24) is 10.3 Å². The highest BCUT2D eigenvalue weighted by Gasteiger charge is 2.33. The third-order valence-electron chi connectivity index (χ3n) is 5.08. The first-order valence-corrected chi connectivity index (χ1v) is 10.2. The molecule has 0 spiro atoms. The molecule has 7 heteroatoms. The summed E-state index contributed by atoms with van der Waals surface area (Å²) in [5.74, 6) is 0.340. The normalized spacial score (nSPS) is 14.4. The van der Waals surface area contributed by atoms with Crippen molar-refractivity contribution < 1.29 is 19.1 Å². The maximum absolute atomic E-state index is 12.5. The van der Waals surface area contributed by atoms with Crippen LogP contribution >= 0.6 is 15.9 Å². The van der Waals surface area contributed by atoms with Crippen molar-refractivity contribution in [1.29, 1.82) is 0 Å². The van der Waals surface area contributed by atoms with Gasteiger partial charge in [-0.25, -0.2) is 4.79 Å². The lowest BCUT2D eigenvalue weighted by atomic mass is 10.0. The van der Waals surface area contributed by atoms with Crippen LogP contribution in [0.4, 0.5) is 0 Å². The van der Waals surface area contributed by atoms with Gasteiger partial charge in [0.1, 0.15) is 5.75 Å². The number of carbonyl (C=O) groups excluding carboxylic acids is 2. The molecule has 1 amide bonds. The minimum Gasteiger partial charge on any atom is -0.497 e. The Morgan fingerprint density at radius 2 is 1.97 bits per heavy atom. The van der Waals surface area contributed by atoms with Crippen molar-refractivity contribution in [2.24, 2.45) is 5.92 Å². The first-order valence-electron chi connectivity index (χ1n) is 9.42. The van der Waals surface area contributed by atoms with Crippen LogP contribution in [0, 0.1) is 5.92 Å². The average molecular weight is 457 g/mol. The number of halogens is 1. The Labute approximate surface area is 176 Å². The highest BCUT2D eigenvalue weighted by molar-refractivity contribution is 9.10. The number of amides is 1. The third-order valence-corrected chi connectivity index (χ3v) is 5.58. The van der Waals surface area contributed by atoms with Gasteiger partial charge in [-0.3, -0.25) is 4.79 Å². The Balaban J connectivity index is 1.39. The maximum atomic E-state index is 12.5. The van der Waals surface area contributed by atoms with Gasteiger partial charge in [0, 0.05) is 21.6 Å². The van der Waals surface area contributed by atoms with Crippen LogP contribution in [0.5, 0.6) is 5.75 Å². The summed E-state index contributed by atoms with van der Waals surface area (Å²) >= 11 is 3.40. The Morgan fingerprint density at radius 3 is 2.66 bits per heavy atom.